The lowest BCUT2D eigenvalue weighted by molar-refractivity contribution is 0.0699. The molecule has 1 unspecified atom stereocenters. The number of rotatable bonds is 4. The maximum absolute atomic E-state index is 11.1. The van der Waals surface area contributed by atoms with E-state index < -0.39 is 5.97 Å². The van der Waals surface area contributed by atoms with Crippen molar-refractivity contribution in [2.24, 2.45) is 5.92 Å². The highest BCUT2D eigenvalue weighted by Gasteiger charge is 2.11. The highest BCUT2D eigenvalue weighted by molar-refractivity contribution is 6.02. The van der Waals surface area contributed by atoms with Crippen LogP contribution in [-0.4, -0.2) is 27.4 Å². The van der Waals surface area contributed by atoms with E-state index in [9.17, 15) is 4.79 Å². The molecule has 1 aromatic carbocycles. The summed E-state index contributed by atoms with van der Waals surface area (Å²) < 4.78 is 1.97. The van der Waals surface area contributed by atoms with Gasteiger partial charge in [0.25, 0.3) is 0 Å². The smallest absolute Gasteiger partial charge is 0.336 e. The standard InChI is InChI=1S/C13H15NO3/c1-9(8-15)7-14-6-5-10-11(13(16)17)3-2-4-12(10)14/h2-6,9,15H,7-8H2,1H3,(H,16,17). The highest BCUT2D eigenvalue weighted by atomic mass is 16.4. The first kappa shape index (κ1) is 11.7. The Morgan fingerprint density at radius 3 is 2.82 bits per heavy atom. The number of aromatic nitrogens is 1. The molecule has 0 amide bonds. The zero-order chi connectivity index (χ0) is 12.4. The Kier molecular flexibility index (Phi) is 3.15. The minimum Gasteiger partial charge on any atom is -0.478 e. The van der Waals surface area contributed by atoms with Crippen LogP contribution in [0.2, 0.25) is 0 Å². The largest absolute Gasteiger partial charge is 0.478 e. The molecule has 4 heteroatoms. The number of nitrogens with zero attached hydrogens (tertiary/aromatic N) is 1. The fraction of sp³-hybridized carbons (Fsp3) is 0.308. The Morgan fingerprint density at radius 1 is 1.41 bits per heavy atom. The number of carboxylic acids is 1. The fourth-order valence-corrected chi connectivity index (χ4v) is 1.96. The van der Waals surface area contributed by atoms with Crippen LogP contribution in [-0.2, 0) is 6.54 Å². The van der Waals surface area contributed by atoms with Gasteiger partial charge in [0, 0.05) is 30.3 Å². The average Bonchev–Trinajstić information content (AvgIpc) is 2.72. The summed E-state index contributed by atoms with van der Waals surface area (Å²) in [6, 6.07) is 7.05. The first-order valence-corrected chi connectivity index (χ1v) is 5.55. The maximum Gasteiger partial charge on any atom is 0.336 e. The topological polar surface area (TPSA) is 62.5 Å². The maximum atomic E-state index is 11.1. The predicted molar refractivity (Wildman–Crippen MR) is 65.1 cm³/mol. The number of aliphatic hydroxyl groups excluding tert-OH is 1. The average molecular weight is 233 g/mol. The molecule has 2 rings (SSSR count). The number of hydrogen-bond donors (Lipinski definition) is 2. The fourth-order valence-electron chi connectivity index (χ4n) is 1.96. The van der Waals surface area contributed by atoms with E-state index in [4.69, 9.17) is 10.2 Å². The zero-order valence-corrected chi connectivity index (χ0v) is 9.63. The summed E-state index contributed by atoms with van der Waals surface area (Å²) in [5, 5.41) is 18.9. The summed E-state index contributed by atoms with van der Waals surface area (Å²) in [6.07, 6.45) is 1.86. The molecule has 0 saturated heterocycles. The molecular formula is C13H15NO3. The highest BCUT2D eigenvalue weighted by Crippen LogP contribution is 2.21. The van der Waals surface area contributed by atoms with Crippen LogP contribution >= 0.6 is 0 Å². The molecule has 0 aliphatic heterocycles. The molecule has 0 aliphatic rings. The van der Waals surface area contributed by atoms with Crippen LogP contribution in [0.4, 0.5) is 0 Å². The number of benzene rings is 1. The van der Waals surface area contributed by atoms with Crippen LogP contribution in [0.15, 0.2) is 30.5 Å². The second kappa shape index (κ2) is 4.59. The van der Waals surface area contributed by atoms with Gasteiger partial charge in [0.05, 0.1) is 5.56 Å². The van der Waals surface area contributed by atoms with Crippen LogP contribution in [0, 0.1) is 5.92 Å². The van der Waals surface area contributed by atoms with Crippen LogP contribution in [0.25, 0.3) is 10.9 Å². The molecule has 0 aliphatic carbocycles. The van der Waals surface area contributed by atoms with E-state index in [1.165, 1.54) is 0 Å². The second-order valence-electron chi connectivity index (χ2n) is 4.30. The van der Waals surface area contributed by atoms with E-state index in [1.54, 1.807) is 12.1 Å². The monoisotopic (exact) mass is 233 g/mol. The van der Waals surface area contributed by atoms with Crippen LogP contribution in [0.1, 0.15) is 17.3 Å². The van der Waals surface area contributed by atoms with Crippen molar-refractivity contribution < 1.29 is 15.0 Å². The van der Waals surface area contributed by atoms with E-state index in [1.807, 2.05) is 29.8 Å². The van der Waals surface area contributed by atoms with Crippen LogP contribution in [0.5, 0.6) is 0 Å². The number of hydrogen-bond acceptors (Lipinski definition) is 2. The third kappa shape index (κ3) is 2.17. The van der Waals surface area contributed by atoms with Crippen molar-refractivity contribution in [1.82, 2.24) is 4.57 Å². The number of carbonyl (C=O) groups is 1. The van der Waals surface area contributed by atoms with E-state index in [-0.39, 0.29) is 12.5 Å². The Bertz CT molecular complexity index is 545. The number of carboxylic acid groups (broad SMARTS) is 1. The van der Waals surface area contributed by atoms with Crippen molar-refractivity contribution in [3.63, 3.8) is 0 Å². The van der Waals surface area contributed by atoms with E-state index in [0.717, 1.165) is 10.9 Å². The lowest BCUT2D eigenvalue weighted by Crippen LogP contribution is -2.10. The molecule has 90 valence electrons. The third-order valence-corrected chi connectivity index (χ3v) is 2.86. The summed E-state index contributed by atoms with van der Waals surface area (Å²) in [5.41, 5.74) is 1.21. The van der Waals surface area contributed by atoms with Crippen LogP contribution < -0.4 is 0 Å². The molecule has 2 N–H and O–H groups in total. The summed E-state index contributed by atoms with van der Waals surface area (Å²) >= 11 is 0. The van der Waals surface area contributed by atoms with Gasteiger partial charge in [0.15, 0.2) is 0 Å². The lowest BCUT2D eigenvalue weighted by atomic mass is 10.1. The van der Waals surface area contributed by atoms with E-state index in [0.29, 0.717) is 12.1 Å². The van der Waals surface area contributed by atoms with Crippen molar-refractivity contribution in [3.05, 3.63) is 36.0 Å². The van der Waals surface area contributed by atoms with Gasteiger partial charge < -0.3 is 14.8 Å². The van der Waals surface area contributed by atoms with Crippen molar-refractivity contribution in [2.45, 2.75) is 13.5 Å². The number of aliphatic hydroxyl groups is 1. The van der Waals surface area contributed by atoms with Crippen LogP contribution in [0.3, 0.4) is 0 Å². The molecular weight excluding hydrogens is 218 g/mol. The van der Waals surface area contributed by atoms with Gasteiger partial charge in [-0.15, -0.1) is 0 Å². The summed E-state index contributed by atoms with van der Waals surface area (Å²) in [4.78, 5) is 11.1. The molecule has 1 heterocycles. The first-order chi connectivity index (χ1) is 8.13. The summed E-state index contributed by atoms with van der Waals surface area (Å²) in [5.74, 6) is -0.761. The lowest BCUT2D eigenvalue weighted by Gasteiger charge is -2.10. The molecule has 1 aromatic heterocycles. The Hall–Kier alpha value is -1.81. The quantitative estimate of drug-likeness (QED) is 0.848. The molecule has 0 fully saturated rings. The SMILES string of the molecule is CC(CO)Cn1ccc2c(C(=O)O)cccc21. The molecule has 17 heavy (non-hydrogen) atoms. The Labute approximate surface area is 99.1 Å². The number of fused-ring (bicyclic) bond motifs is 1. The summed E-state index contributed by atoms with van der Waals surface area (Å²) in [6.45, 7) is 2.76. The van der Waals surface area contributed by atoms with Gasteiger partial charge in [-0.1, -0.05) is 13.0 Å². The molecule has 0 saturated carbocycles. The Morgan fingerprint density at radius 2 is 2.18 bits per heavy atom. The minimum atomic E-state index is -0.913. The van der Waals surface area contributed by atoms with Crippen molar-refractivity contribution >= 4 is 16.9 Å². The van der Waals surface area contributed by atoms with Crippen molar-refractivity contribution in [2.75, 3.05) is 6.61 Å². The Balaban J connectivity index is 2.47. The predicted octanol–water partition coefficient (Wildman–Crippen LogP) is 1.97. The zero-order valence-electron chi connectivity index (χ0n) is 9.63. The molecule has 4 nitrogen and oxygen atoms in total. The molecule has 1 atom stereocenters. The second-order valence-corrected chi connectivity index (χ2v) is 4.30. The van der Waals surface area contributed by atoms with Crippen molar-refractivity contribution in [1.29, 1.82) is 0 Å². The van der Waals surface area contributed by atoms with Crippen molar-refractivity contribution in [3.8, 4) is 0 Å². The van der Waals surface area contributed by atoms with Gasteiger partial charge in [0.1, 0.15) is 0 Å². The van der Waals surface area contributed by atoms with E-state index >= 15 is 0 Å². The normalized spacial score (nSPS) is 12.8. The molecule has 2 aromatic rings. The molecule has 0 spiro atoms. The molecule has 0 bridgehead atoms. The van der Waals surface area contributed by atoms with E-state index in [2.05, 4.69) is 0 Å². The van der Waals surface area contributed by atoms with Gasteiger partial charge in [-0.25, -0.2) is 4.79 Å². The van der Waals surface area contributed by atoms with Gasteiger partial charge in [-0.05, 0) is 24.1 Å². The van der Waals surface area contributed by atoms with Gasteiger partial charge in [0.2, 0.25) is 0 Å². The van der Waals surface area contributed by atoms with Gasteiger partial charge >= 0.3 is 5.97 Å². The third-order valence-electron chi connectivity index (χ3n) is 2.86. The minimum absolute atomic E-state index is 0.123. The molecule has 0 radical (unpaired) electrons. The summed E-state index contributed by atoms with van der Waals surface area (Å²) in [7, 11) is 0. The number of aromatic carboxylic acids is 1. The van der Waals surface area contributed by atoms with Gasteiger partial charge in [-0.3, -0.25) is 0 Å². The first-order valence-electron chi connectivity index (χ1n) is 5.55. The van der Waals surface area contributed by atoms with Gasteiger partial charge in [-0.2, -0.15) is 0 Å².